The lowest BCUT2D eigenvalue weighted by Crippen LogP contribution is -2.18. The molecule has 0 atom stereocenters. The van der Waals surface area contributed by atoms with Crippen LogP contribution in [-0.2, 0) is 6.18 Å². The van der Waals surface area contributed by atoms with Crippen molar-refractivity contribution in [2.75, 3.05) is 0 Å². The molecule has 2 aromatic carbocycles. The number of amidine groups is 1. The van der Waals surface area contributed by atoms with Crippen molar-refractivity contribution in [3.05, 3.63) is 58.6 Å². The smallest absolute Gasteiger partial charge is 0.384 e. The maximum atomic E-state index is 12.8. The fraction of sp³-hybridized carbons (Fsp3) is 0.0714. The van der Waals surface area contributed by atoms with Gasteiger partial charge in [-0.3, -0.25) is 5.41 Å². The molecule has 0 saturated heterocycles. The molecule has 0 unspecified atom stereocenters. The number of alkyl halides is 3. The quantitative estimate of drug-likeness (QED) is 0.627. The average molecular weight is 331 g/mol. The number of nitrogens with one attached hydrogen (secondary N) is 1. The summed E-state index contributed by atoms with van der Waals surface area (Å²) >= 11 is 7.11. The van der Waals surface area contributed by atoms with Crippen LogP contribution in [0.25, 0.3) is 0 Å². The first-order valence-electron chi connectivity index (χ1n) is 5.76. The fourth-order valence-corrected chi connectivity index (χ4v) is 2.90. The van der Waals surface area contributed by atoms with Gasteiger partial charge in [-0.2, -0.15) is 13.2 Å². The van der Waals surface area contributed by atoms with Gasteiger partial charge in [0, 0.05) is 20.4 Å². The van der Waals surface area contributed by atoms with Gasteiger partial charge >= 0.3 is 6.18 Å². The van der Waals surface area contributed by atoms with Crippen LogP contribution in [0.3, 0.4) is 0 Å². The summed E-state index contributed by atoms with van der Waals surface area (Å²) in [6.07, 6.45) is -4.54. The van der Waals surface area contributed by atoms with Gasteiger partial charge < -0.3 is 5.73 Å². The molecule has 0 aliphatic rings. The van der Waals surface area contributed by atoms with Crippen LogP contribution >= 0.6 is 23.4 Å². The van der Waals surface area contributed by atoms with Crippen molar-refractivity contribution in [1.29, 1.82) is 5.41 Å². The monoisotopic (exact) mass is 330 g/mol. The molecule has 0 radical (unpaired) electrons. The van der Waals surface area contributed by atoms with E-state index in [0.717, 1.165) is 11.0 Å². The third-order valence-corrected chi connectivity index (χ3v) is 3.83. The molecule has 2 rings (SSSR count). The fourth-order valence-electron chi connectivity index (χ4n) is 1.72. The highest BCUT2D eigenvalue weighted by molar-refractivity contribution is 7.99. The van der Waals surface area contributed by atoms with Crippen molar-refractivity contribution in [2.24, 2.45) is 5.73 Å². The maximum Gasteiger partial charge on any atom is 0.417 e. The van der Waals surface area contributed by atoms with Crippen LogP contribution in [0.15, 0.2) is 52.3 Å². The first kappa shape index (κ1) is 15.7. The Labute approximate surface area is 128 Å². The summed E-state index contributed by atoms with van der Waals surface area (Å²) in [6.45, 7) is 0. The lowest BCUT2D eigenvalue weighted by Gasteiger charge is -2.13. The molecule has 0 heterocycles. The van der Waals surface area contributed by atoms with Gasteiger partial charge in [-0.05, 0) is 36.4 Å². The third-order valence-electron chi connectivity index (χ3n) is 2.62. The van der Waals surface area contributed by atoms with E-state index in [9.17, 15) is 13.2 Å². The van der Waals surface area contributed by atoms with E-state index in [-0.39, 0.29) is 5.56 Å². The van der Waals surface area contributed by atoms with E-state index in [2.05, 4.69) is 0 Å². The minimum Gasteiger partial charge on any atom is -0.384 e. The number of hydrogen-bond donors (Lipinski definition) is 2. The average Bonchev–Trinajstić information content (AvgIpc) is 2.37. The van der Waals surface area contributed by atoms with Crippen LogP contribution in [0, 0.1) is 5.41 Å². The lowest BCUT2D eigenvalue weighted by atomic mass is 10.1. The molecule has 0 aromatic heterocycles. The van der Waals surface area contributed by atoms with Crippen molar-refractivity contribution in [2.45, 2.75) is 16.0 Å². The van der Waals surface area contributed by atoms with Gasteiger partial charge in [0.05, 0.1) is 5.56 Å². The second-order valence-electron chi connectivity index (χ2n) is 4.18. The van der Waals surface area contributed by atoms with Gasteiger partial charge in [-0.1, -0.05) is 29.4 Å². The van der Waals surface area contributed by atoms with Gasteiger partial charge in [-0.15, -0.1) is 0 Å². The predicted molar refractivity (Wildman–Crippen MR) is 78.0 cm³/mol. The van der Waals surface area contributed by atoms with E-state index in [1.807, 2.05) is 0 Å². The van der Waals surface area contributed by atoms with Crippen molar-refractivity contribution >= 4 is 29.2 Å². The van der Waals surface area contributed by atoms with Gasteiger partial charge in [0.15, 0.2) is 0 Å². The summed E-state index contributed by atoms with van der Waals surface area (Å²) in [4.78, 5) is 1.34. The molecule has 0 bridgehead atoms. The largest absolute Gasteiger partial charge is 0.417 e. The van der Waals surface area contributed by atoms with E-state index in [4.69, 9.17) is 22.7 Å². The van der Waals surface area contributed by atoms with Crippen LogP contribution < -0.4 is 5.73 Å². The summed E-state index contributed by atoms with van der Waals surface area (Å²) < 4.78 is 38.5. The Balaban J connectivity index is 2.39. The second kappa shape index (κ2) is 5.99. The Kier molecular flexibility index (Phi) is 4.49. The third kappa shape index (κ3) is 3.92. The molecule has 0 fully saturated rings. The molecule has 0 saturated carbocycles. The van der Waals surface area contributed by atoms with Crippen LogP contribution in [0.2, 0.25) is 5.02 Å². The Hall–Kier alpha value is -1.66. The van der Waals surface area contributed by atoms with Gasteiger partial charge in [0.25, 0.3) is 0 Å². The van der Waals surface area contributed by atoms with Gasteiger partial charge in [0.1, 0.15) is 5.84 Å². The maximum absolute atomic E-state index is 12.8. The lowest BCUT2D eigenvalue weighted by molar-refractivity contribution is -0.137. The van der Waals surface area contributed by atoms with Crippen molar-refractivity contribution < 1.29 is 13.2 Å². The molecule has 0 aliphatic heterocycles. The Morgan fingerprint density at radius 2 is 1.76 bits per heavy atom. The van der Waals surface area contributed by atoms with Crippen LogP contribution in [0.5, 0.6) is 0 Å². The highest BCUT2D eigenvalue weighted by Gasteiger charge is 2.34. The highest BCUT2D eigenvalue weighted by atomic mass is 35.5. The summed E-state index contributed by atoms with van der Waals surface area (Å²) in [7, 11) is 0. The molecule has 0 spiro atoms. The molecule has 0 amide bonds. The summed E-state index contributed by atoms with van der Waals surface area (Å²) in [5.74, 6) is -0.615. The molecule has 110 valence electrons. The first-order chi connectivity index (χ1) is 9.77. The highest BCUT2D eigenvalue weighted by Crippen LogP contribution is 2.36. The Morgan fingerprint density at radius 3 is 2.33 bits per heavy atom. The van der Waals surface area contributed by atoms with Crippen LogP contribution in [0.1, 0.15) is 11.1 Å². The zero-order chi connectivity index (χ0) is 15.6. The normalized spacial score (nSPS) is 11.4. The molecule has 2 aromatic rings. The standard InChI is InChI=1S/C14H10ClF3N2S/c15-8-2-1-3-9(6-8)21-10-4-5-12(14(16,17)18)11(7-10)13(19)20/h1-7H,(H3,19,20). The topological polar surface area (TPSA) is 49.9 Å². The van der Waals surface area contributed by atoms with E-state index in [0.29, 0.717) is 9.92 Å². The van der Waals surface area contributed by atoms with Crippen molar-refractivity contribution in [3.8, 4) is 0 Å². The van der Waals surface area contributed by atoms with Crippen LogP contribution in [0.4, 0.5) is 13.2 Å². The molecule has 21 heavy (non-hydrogen) atoms. The predicted octanol–water partition coefficient (Wildman–Crippen LogP) is 4.79. The summed E-state index contributed by atoms with van der Waals surface area (Å²) in [5.41, 5.74) is 4.01. The minimum absolute atomic E-state index is 0.325. The summed E-state index contributed by atoms with van der Waals surface area (Å²) in [6, 6.07) is 10.5. The van der Waals surface area contributed by atoms with E-state index in [1.54, 1.807) is 24.3 Å². The minimum atomic E-state index is -4.54. The van der Waals surface area contributed by atoms with E-state index in [1.165, 1.54) is 23.9 Å². The zero-order valence-electron chi connectivity index (χ0n) is 10.5. The molecular weight excluding hydrogens is 321 g/mol. The first-order valence-corrected chi connectivity index (χ1v) is 6.96. The van der Waals surface area contributed by atoms with E-state index < -0.39 is 17.6 Å². The van der Waals surface area contributed by atoms with Crippen LogP contribution in [-0.4, -0.2) is 5.84 Å². The zero-order valence-corrected chi connectivity index (χ0v) is 12.1. The second-order valence-corrected chi connectivity index (χ2v) is 5.76. The number of rotatable bonds is 3. The number of nitrogen functional groups attached to an aromatic ring is 1. The Morgan fingerprint density at radius 1 is 1.10 bits per heavy atom. The van der Waals surface area contributed by atoms with Crippen molar-refractivity contribution in [3.63, 3.8) is 0 Å². The van der Waals surface area contributed by atoms with Crippen molar-refractivity contribution in [1.82, 2.24) is 0 Å². The molecule has 0 aliphatic carbocycles. The van der Waals surface area contributed by atoms with E-state index >= 15 is 0 Å². The molecule has 3 N–H and O–H groups in total. The molecule has 7 heteroatoms. The molecular formula is C14H10ClF3N2S. The number of nitrogens with two attached hydrogens (primary N) is 1. The molecule has 2 nitrogen and oxygen atoms in total. The van der Waals surface area contributed by atoms with Gasteiger partial charge in [0.2, 0.25) is 0 Å². The summed E-state index contributed by atoms with van der Waals surface area (Å²) in [5, 5.41) is 7.85. The van der Waals surface area contributed by atoms with Gasteiger partial charge in [-0.25, -0.2) is 0 Å². The SMILES string of the molecule is N=C(N)c1cc(Sc2cccc(Cl)c2)ccc1C(F)(F)F. The Bertz CT molecular complexity index is 686. The number of benzene rings is 2. The number of hydrogen-bond acceptors (Lipinski definition) is 2. The number of halogens is 4.